The smallest absolute Gasteiger partial charge is 0.0648 e. The summed E-state index contributed by atoms with van der Waals surface area (Å²) in [6.07, 6.45) is 4.61. The first-order valence-corrected chi connectivity index (χ1v) is 10.8. The molecule has 1 fully saturated rings. The Morgan fingerprint density at radius 1 is 1.21 bits per heavy atom. The summed E-state index contributed by atoms with van der Waals surface area (Å²) in [5.41, 5.74) is 5.15. The van der Waals surface area contributed by atoms with Crippen molar-refractivity contribution in [3.63, 3.8) is 0 Å². The fourth-order valence-electron chi connectivity index (χ4n) is 4.01. The summed E-state index contributed by atoms with van der Waals surface area (Å²) in [5.74, 6) is 0. The number of piperazine rings is 1. The van der Waals surface area contributed by atoms with Crippen molar-refractivity contribution in [2.24, 2.45) is 0 Å². The highest BCUT2D eigenvalue weighted by Gasteiger charge is 2.27. The van der Waals surface area contributed by atoms with E-state index in [1.165, 1.54) is 16.7 Å². The summed E-state index contributed by atoms with van der Waals surface area (Å²) in [5, 5.41) is 18.2. The van der Waals surface area contributed by atoms with Crippen LogP contribution in [0.25, 0.3) is 5.69 Å². The molecular weight excluding hydrogens is 368 g/mol. The quantitative estimate of drug-likeness (QED) is 0.665. The van der Waals surface area contributed by atoms with Crippen LogP contribution < -0.4 is 0 Å². The van der Waals surface area contributed by atoms with E-state index in [2.05, 4.69) is 56.8 Å². The molecule has 1 atom stereocenters. The minimum absolute atomic E-state index is 0.246. The molecular formula is C22H28N4OS. The Morgan fingerprint density at radius 3 is 2.86 bits per heavy atom. The number of hydrogen-bond acceptors (Lipinski definition) is 5. The molecule has 5 nitrogen and oxygen atoms in total. The number of nitrogens with zero attached hydrogens (tertiary/aromatic N) is 4. The second-order valence-corrected chi connectivity index (χ2v) is 8.34. The van der Waals surface area contributed by atoms with E-state index in [0.717, 1.165) is 44.8 Å². The number of benzene rings is 1. The molecule has 2 aromatic heterocycles. The zero-order valence-electron chi connectivity index (χ0n) is 16.4. The SMILES string of the molecule is Cc1cc(-n2cccn2)ccc1CN1CCN(Cc2ccsc2)[C@H](CCO)C1. The molecule has 148 valence electrons. The molecule has 3 heterocycles. The van der Waals surface area contributed by atoms with Gasteiger partial charge in [0.25, 0.3) is 0 Å². The zero-order valence-corrected chi connectivity index (χ0v) is 17.2. The maximum Gasteiger partial charge on any atom is 0.0648 e. The van der Waals surface area contributed by atoms with Gasteiger partial charge in [-0.2, -0.15) is 16.4 Å². The van der Waals surface area contributed by atoms with Crippen molar-refractivity contribution in [3.8, 4) is 5.69 Å². The first-order chi connectivity index (χ1) is 13.7. The minimum Gasteiger partial charge on any atom is -0.396 e. The third-order valence-electron chi connectivity index (χ3n) is 5.61. The maximum absolute atomic E-state index is 9.55. The third-order valence-corrected chi connectivity index (χ3v) is 6.34. The molecule has 1 aliphatic rings. The van der Waals surface area contributed by atoms with Crippen LogP contribution in [0.4, 0.5) is 0 Å². The van der Waals surface area contributed by atoms with Gasteiger partial charge in [0.1, 0.15) is 0 Å². The Morgan fingerprint density at radius 2 is 2.14 bits per heavy atom. The van der Waals surface area contributed by atoms with Crippen LogP contribution >= 0.6 is 11.3 Å². The molecule has 6 heteroatoms. The van der Waals surface area contributed by atoms with Crippen molar-refractivity contribution in [3.05, 3.63) is 70.2 Å². The van der Waals surface area contributed by atoms with E-state index in [-0.39, 0.29) is 6.61 Å². The summed E-state index contributed by atoms with van der Waals surface area (Å²) in [6, 6.07) is 11.1. The Bertz CT molecular complexity index is 863. The van der Waals surface area contributed by atoms with E-state index in [0.29, 0.717) is 6.04 Å². The number of aromatic nitrogens is 2. The summed E-state index contributed by atoms with van der Waals surface area (Å²) in [7, 11) is 0. The fourth-order valence-corrected chi connectivity index (χ4v) is 4.67. The summed E-state index contributed by atoms with van der Waals surface area (Å²) < 4.78 is 1.90. The molecule has 1 saturated heterocycles. The summed E-state index contributed by atoms with van der Waals surface area (Å²) >= 11 is 1.75. The lowest BCUT2D eigenvalue weighted by atomic mass is 10.0. The second kappa shape index (κ2) is 9.01. The lowest BCUT2D eigenvalue weighted by Gasteiger charge is -2.41. The van der Waals surface area contributed by atoms with Crippen LogP contribution in [0.5, 0.6) is 0 Å². The number of hydrogen-bond donors (Lipinski definition) is 1. The van der Waals surface area contributed by atoms with Crippen LogP contribution in [0.2, 0.25) is 0 Å². The third kappa shape index (κ3) is 4.52. The number of aliphatic hydroxyl groups excluding tert-OH is 1. The normalized spacial score (nSPS) is 18.6. The van der Waals surface area contributed by atoms with Gasteiger partial charge in [-0.3, -0.25) is 9.80 Å². The maximum atomic E-state index is 9.55. The molecule has 0 bridgehead atoms. The number of aryl methyl sites for hydroxylation is 1. The van der Waals surface area contributed by atoms with Crippen LogP contribution in [0.3, 0.4) is 0 Å². The van der Waals surface area contributed by atoms with Gasteiger partial charge in [0.15, 0.2) is 0 Å². The Labute approximate surface area is 170 Å². The van der Waals surface area contributed by atoms with Crippen LogP contribution in [0, 0.1) is 6.92 Å². The molecule has 1 N–H and O–H groups in total. The monoisotopic (exact) mass is 396 g/mol. The van der Waals surface area contributed by atoms with E-state index in [1.807, 2.05) is 16.9 Å². The largest absolute Gasteiger partial charge is 0.396 e. The van der Waals surface area contributed by atoms with E-state index in [9.17, 15) is 5.11 Å². The molecule has 0 radical (unpaired) electrons. The van der Waals surface area contributed by atoms with E-state index < -0.39 is 0 Å². The van der Waals surface area contributed by atoms with Gasteiger partial charge in [-0.25, -0.2) is 4.68 Å². The van der Waals surface area contributed by atoms with Gasteiger partial charge in [-0.05, 0) is 65.1 Å². The number of rotatable bonds is 7. The van der Waals surface area contributed by atoms with Crippen LogP contribution in [-0.4, -0.2) is 57.0 Å². The minimum atomic E-state index is 0.246. The van der Waals surface area contributed by atoms with Gasteiger partial charge in [0.05, 0.1) is 5.69 Å². The van der Waals surface area contributed by atoms with Crippen molar-refractivity contribution >= 4 is 11.3 Å². The van der Waals surface area contributed by atoms with Gasteiger partial charge in [0.2, 0.25) is 0 Å². The molecule has 0 aliphatic carbocycles. The average molecular weight is 397 g/mol. The van der Waals surface area contributed by atoms with Gasteiger partial charge in [0, 0.05) is 57.8 Å². The van der Waals surface area contributed by atoms with Gasteiger partial charge in [-0.1, -0.05) is 6.07 Å². The van der Waals surface area contributed by atoms with Crippen molar-refractivity contribution in [2.45, 2.75) is 32.5 Å². The van der Waals surface area contributed by atoms with Crippen molar-refractivity contribution < 1.29 is 5.11 Å². The van der Waals surface area contributed by atoms with Crippen molar-refractivity contribution in [1.29, 1.82) is 0 Å². The molecule has 3 aromatic rings. The summed E-state index contributed by atoms with van der Waals surface area (Å²) in [6.45, 7) is 7.48. The van der Waals surface area contributed by atoms with E-state index in [4.69, 9.17) is 0 Å². The van der Waals surface area contributed by atoms with Gasteiger partial charge >= 0.3 is 0 Å². The highest BCUT2D eigenvalue weighted by molar-refractivity contribution is 7.07. The first kappa shape index (κ1) is 19.3. The summed E-state index contributed by atoms with van der Waals surface area (Å²) in [4.78, 5) is 5.06. The lowest BCUT2D eigenvalue weighted by Crippen LogP contribution is -2.52. The standard InChI is InChI=1S/C22H28N4OS/c1-18-13-21(26-8-2-7-23-26)4-3-20(18)15-24-9-10-25(22(16-24)5-11-27)14-19-6-12-28-17-19/h2-4,6-8,12-13,17,22,27H,5,9-11,14-16H2,1H3/t22-/m1/s1. The van der Waals surface area contributed by atoms with Crippen LogP contribution in [0.1, 0.15) is 23.1 Å². The van der Waals surface area contributed by atoms with E-state index in [1.54, 1.807) is 17.5 Å². The molecule has 0 unspecified atom stereocenters. The number of thiophene rings is 1. The molecule has 1 aliphatic heterocycles. The van der Waals surface area contributed by atoms with Crippen LogP contribution in [0.15, 0.2) is 53.5 Å². The van der Waals surface area contributed by atoms with Crippen molar-refractivity contribution in [1.82, 2.24) is 19.6 Å². The number of aliphatic hydroxyl groups is 1. The molecule has 0 spiro atoms. The second-order valence-electron chi connectivity index (χ2n) is 7.56. The highest BCUT2D eigenvalue weighted by atomic mass is 32.1. The predicted molar refractivity (Wildman–Crippen MR) is 114 cm³/mol. The topological polar surface area (TPSA) is 44.5 Å². The highest BCUT2D eigenvalue weighted by Crippen LogP contribution is 2.21. The lowest BCUT2D eigenvalue weighted by molar-refractivity contribution is 0.0500. The predicted octanol–water partition coefficient (Wildman–Crippen LogP) is 3.31. The molecule has 0 saturated carbocycles. The molecule has 0 amide bonds. The zero-order chi connectivity index (χ0) is 19.3. The Balaban J connectivity index is 1.41. The Kier molecular flexibility index (Phi) is 6.22. The van der Waals surface area contributed by atoms with Gasteiger partial charge < -0.3 is 5.11 Å². The fraction of sp³-hybridized carbons (Fsp3) is 0.409. The molecule has 28 heavy (non-hydrogen) atoms. The first-order valence-electron chi connectivity index (χ1n) is 9.91. The molecule has 4 rings (SSSR count). The van der Waals surface area contributed by atoms with E-state index >= 15 is 0 Å². The molecule has 1 aromatic carbocycles. The van der Waals surface area contributed by atoms with Crippen LogP contribution in [-0.2, 0) is 13.1 Å². The Hall–Kier alpha value is -1.99. The van der Waals surface area contributed by atoms with Gasteiger partial charge in [-0.15, -0.1) is 0 Å². The average Bonchev–Trinajstić information content (AvgIpc) is 3.40. The van der Waals surface area contributed by atoms with Crippen molar-refractivity contribution in [2.75, 3.05) is 26.2 Å².